The molecule has 0 fully saturated rings. The van der Waals surface area contributed by atoms with Gasteiger partial charge in [-0.2, -0.15) is 0 Å². The van der Waals surface area contributed by atoms with Crippen molar-refractivity contribution in [3.8, 4) is 0 Å². The number of para-hydroxylation sites is 2. The fourth-order valence-electron chi connectivity index (χ4n) is 4.95. The first-order valence-corrected chi connectivity index (χ1v) is 12.1. The molecule has 6 nitrogen and oxygen atoms in total. The fraction of sp³-hybridized carbons (Fsp3) is 0.185. The van der Waals surface area contributed by atoms with Gasteiger partial charge in [-0.15, -0.1) is 11.3 Å². The van der Waals surface area contributed by atoms with Crippen molar-refractivity contribution in [1.82, 2.24) is 0 Å². The largest absolute Gasteiger partial charge is 0.469 e. The molecule has 3 aromatic heterocycles. The summed E-state index contributed by atoms with van der Waals surface area (Å²) in [4.78, 5) is 30.2. The van der Waals surface area contributed by atoms with Crippen LogP contribution in [0.5, 0.6) is 0 Å². The summed E-state index contributed by atoms with van der Waals surface area (Å²) in [7, 11) is 0. The number of anilines is 2. The van der Waals surface area contributed by atoms with E-state index in [0.29, 0.717) is 24.2 Å². The van der Waals surface area contributed by atoms with Crippen LogP contribution in [0, 0.1) is 0 Å². The van der Waals surface area contributed by atoms with E-state index in [4.69, 9.17) is 8.83 Å². The van der Waals surface area contributed by atoms with Gasteiger partial charge in [0.05, 0.1) is 30.3 Å². The second-order valence-corrected chi connectivity index (χ2v) is 9.55. The summed E-state index contributed by atoms with van der Waals surface area (Å²) in [5.41, 5.74) is 2.89. The van der Waals surface area contributed by atoms with Crippen LogP contribution in [-0.2, 0) is 16.0 Å². The molecular formula is C27H22N2O4S. The van der Waals surface area contributed by atoms with Crippen LogP contribution < -0.4 is 10.2 Å². The molecule has 7 heteroatoms. The summed E-state index contributed by atoms with van der Waals surface area (Å²) in [6.45, 7) is 0. The van der Waals surface area contributed by atoms with Gasteiger partial charge in [-0.05, 0) is 54.3 Å². The minimum Gasteiger partial charge on any atom is -0.469 e. The van der Waals surface area contributed by atoms with Crippen molar-refractivity contribution in [2.24, 2.45) is 0 Å². The zero-order valence-electron chi connectivity index (χ0n) is 18.3. The molecule has 2 atom stereocenters. The molecule has 0 saturated heterocycles. The third-order valence-electron chi connectivity index (χ3n) is 6.42. The van der Waals surface area contributed by atoms with Crippen molar-refractivity contribution in [3.05, 3.63) is 106 Å². The van der Waals surface area contributed by atoms with Crippen LogP contribution in [0.2, 0.25) is 0 Å². The van der Waals surface area contributed by atoms with Gasteiger partial charge >= 0.3 is 0 Å². The summed E-state index contributed by atoms with van der Waals surface area (Å²) in [5, 5.41) is 5.47. The molecule has 6 rings (SSSR count). The standard InChI is InChI=1S/C27H22N2O4S/c30-22-15-17(23-9-3-11-32-23)14-20-26(22)27(24-10-4-12-33-24)29(21-8-2-1-7-19(21)28-20)25(31)16-18-6-5-13-34-18/h1-13,17,27-28H,14-16H2/t17-,27-/m0/s1. The highest BCUT2D eigenvalue weighted by Gasteiger charge is 2.43. The van der Waals surface area contributed by atoms with Crippen molar-refractivity contribution in [2.75, 3.05) is 10.2 Å². The Morgan fingerprint density at radius 2 is 1.76 bits per heavy atom. The number of thiophene rings is 1. The molecule has 0 bridgehead atoms. The lowest BCUT2D eigenvalue weighted by molar-refractivity contribution is -0.118. The van der Waals surface area contributed by atoms with Gasteiger partial charge in [0.15, 0.2) is 5.78 Å². The summed E-state index contributed by atoms with van der Waals surface area (Å²) in [6, 6.07) is 18.3. The molecule has 0 saturated carbocycles. The number of ketones is 1. The number of furan rings is 2. The molecule has 0 unspecified atom stereocenters. The first-order chi connectivity index (χ1) is 16.7. The van der Waals surface area contributed by atoms with Crippen molar-refractivity contribution in [1.29, 1.82) is 0 Å². The highest BCUT2D eigenvalue weighted by Crippen LogP contribution is 2.47. The Balaban J connectivity index is 1.51. The molecule has 1 aromatic carbocycles. The minimum absolute atomic E-state index is 0.0155. The van der Waals surface area contributed by atoms with E-state index in [-0.39, 0.29) is 24.0 Å². The molecule has 1 aliphatic heterocycles. The second kappa shape index (κ2) is 8.50. The topological polar surface area (TPSA) is 75.7 Å². The first-order valence-electron chi connectivity index (χ1n) is 11.2. The number of fused-ring (bicyclic) bond motifs is 1. The number of hydrogen-bond acceptors (Lipinski definition) is 6. The number of hydrogen-bond donors (Lipinski definition) is 1. The predicted octanol–water partition coefficient (Wildman–Crippen LogP) is 6.08. The fourth-order valence-corrected chi connectivity index (χ4v) is 5.65. The van der Waals surface area contributed by atoms with E-state index in [1.807, 2.05) is 60.0 Å². The molecule has 1 aliphatic carbocycles. The monoisotopic (exact) mass is 470 g/mol. The van der Waals surface area contributed by atoms with Crippen molar-refractivity contribution < 1.29 is 18.4 Å². The molecule has 0 radical (unpaired) electrons. The van der Waals surface area contributed by atoms with Crippen molar-refractivity contribution in [3.63, 3.8) is 0 Å². The van der Waals surface area contributed by atoms with Gasteiger partial charge in [0.25, 0.3) is 0 Å². The Morgan fingerprint density at radius 1 is 0.971 bits per heavy atom. The van der Waals surface area contributed by atoms with E-state index in [9.17, 15) is 9.59 Å². The number of amides is 1. The van der Waals surface area contributed by atoms with Gasteiger partial charge in [-0.25, -0.2) is 0 Å². The Hall–Kier alpha value is -3.84. The Labute approximate surface area is 200 Å². The van der Waals surface area contributed by atoms with Crippen molar-refractivity contribution in [2.45, 2.75) is 31.2 Å². The highest BCUT2D eigenvalue weighted by atomic mass is 32.1. The van der Waals surface area contributed by atoms with Crippen LogP contribution in [-0.4, -0.2) is 11.7 Å². The van der Waals surface area contributed by atoms with Gasteiger partial charge in [-0.1, -0.05) is 18.2 Å². The highest BCUT2D eigenvalue weighted by molar-refractivity contribution is 7.10. The summed E-state index contributed by atoms with van der Waals surface area (Å²) < 4.78 is 11.5. The van der Waals surface area contributed by atoms with E-state index in [1.54, 1.807) is 34.8 Å². The van der Waals surface area contributed by atoms with Gasteiger partial charge in [0.2, 0.25) is 5.91 Å². The number of nitrogens with zero attached hydrogens (tertiary/aromatic N) is 1. The van der Waals surface area contributed by atoms with Crippen LogP contribution >= 0.6 is 11.3 Å². The summed E-state index contributed by atoms with van der Waals surface area (Å²) in [5.74, 6) is 1.19. The summed E-state index contributed by atoms with van der Waals surface area (Å²) >= 11 is 1.55. The number of benzene rings is 1. The molecule has 170 valence electrons. The number of rotatable bonds is 4. The SMILES string of the molecule is O=C1C[C@@H](c2ccco2)CC2=C1[C@H](c1ccco1)N(C(=O)Cc1cccs1)c1ccccc1N2. The maximum absolute atomic E-state index is 13.8. The van der Waals surface area contributed by atoms with Crippen LogP contribution in [0.25, 0.3) is 0 Å². The van der Waals surface area contributed by atoms with E-state index >= 15 is 0 Å². The summed E-state index contributed by atoms with van der Waals surface area (Å²) in [6.07, 6.45) is 4.38. The van der Waals surface area contributed by atoms with Crippen LogP contribution in [0.15, 0.2) is 98.7 Å². The smallest absolute Gasteiger partial charge is 0.233 e. The van der Waals surface area contributed by atoms with Crippen LogP contribution in [0.3, 0.4) is 0 Å². The average Bonchev–Trinajstić information content (AvgIpc) is 3.61. The van der Waals surface area contributed by atoms with Crippen molar-refractivity contribution >= 4 is 34.4 Å². The maximum atomic E-state index is 13.8. The number of Topliss-reactive ketones (excluding diaryl/α,β-unsaturated/α-hetero) is 1. The lowest BCUT2D eigenvalue weighted by atomic mass is 9.81. The molecule has 4 heterocycles. The van der Waals surface area contributed by atoms with Gasteiger partial charge in [0.1, 0.15) is 17.6 Å². The van der Waals surface area contributed by atoms with Gasteiger partial charge in [0, 0.05) is 28.5 Å². The maximum Gasteiger partial charge on any atom is 0.233 e. The van der Waals surface area contributed by atoms with E-state index in [1.165, 1.54) is 0 Å². The molecule has 1 N–H and O–H groups in total. The quantitative estimate of drug-likeness (QED) is 0.391. The van der Waals surface area contributed by atoms with Crippen LogP contribution in [0.4, 0.5) is 11.4 Å². The number of carbonyl (C=O) groups is 2. The molecule has 1 amide bonds. The normalized spacial score (nSPS) is 19.9. The Morgan fingerprint density at radius 3 is 2.50 bits per heavy atom. The van der Waals surface area contributed by atoms with E-state index in [2.05, 4.69) is 5.32 Å². The third kappa shape index (κ3) is 3.58. The number of allylic oxidation sites excluding steroid dienone is 1. The second-order valence-electron chi connectivity index (χ2n) is 8.52. The Kier molecular flexibility index (Phi) is 5.19. The molecule has 34 heavy (non-hydrogen) atoms. The molecule has 4 aromatic rings. The van der Waals surface area contributed by atoms with Gasteiger partial charge < -0.3 is 14.2 Å². The van der Waals surface area contributed by atoms with E-state index in [0.717, 1.165) is 27.7 Å². The molecule has 0 spiro atoms. The minimum atomic E-state index is -0.654. The zero-order chi connectivity index (χ0) is 23.1. The molecular weight excluding hydrogens is 448 g/mol. The lowest BCUT2D eigenvalue weighted by Gasteiger charge is -2.33. The Bertz CT molecular complexity index is 1350. The van der Waals surface area contributed by atoms with Gasteiger partial charge in [-0.3, -0.25) is 14.5 Å². The third-order valence-corrected chi connectivity index (χ3v) is 7.30. The van der Waals surface area contributed by atoms with Crippen LogP contribution in [0.1, 0.15) is 41.2 Å². The molecule has 2 aliphatic rings. The zero-order valence-corrected chi connectivity index (χ0v) is 19.1. The average molecular weight is 471 g/mol. The van der Waals surface area contributed by atoms with E-state index < -0.39 is 6.04 Å². The first kappa shape index (κ1) is 20.7. The predicted molar refractivity (Wildman–Crippen MR) is 130 cm³/mol. The number of carbonyl (C=O) groups excluding carboxylic acids is 2. The lowest BCUT2D eigenvalue weighted by Crippen LogP contribution is -2.39. The number of nitrogens with one attached hydrogen (secondary N) is 1.